The van der Waals surface area contributed by atoms with Crippen LogP contribution < -0.4 is 0 Å². The van der Waals surface area contributed by atoms with E-state index in [1.165, 1.54) is 35.8 Å². The highest BCUT2D eigenvalue weighted by atomic mass is 35.5. The number of rotatable bonds is 3. The molecule has 3 aromatic rings. The molecule has 0 saturated heterocycles. The van der Waals surface area contributed by atoms with Crippen molar-refractivity contribution in [3.63, 3.8) is 0 Å². The first kappa shape index (κ1) is 15.8. The van der Waals surface area contributed by atoms with Crippen LogP contribution in [-0.4, -0.2) is 47.8 Å². The number of carbonyl (C=O) groups is 1. The Balaban J connectivity index is 1.48. The summed E-state index contributed by atoms with van der Waals surface area (Å²) in [5.41, 5.74) is 0. The van der Waals surface area contributed by atoms with Crippen molar-refractivity contribution in [3.8, 4) is 0 Å². The molecule has 10 heteroatoms. The van der Waals surface area contributed by atoms with Gasteiger partial charge in [-0.1, -0.05) is 23.4 Å². The number of amides is 1. The van der Waals surface area contributed by atoms with Gasteiger partial charge in [0.1, 0.15) is 28.3 Å². The number of thioether (sulfide) groups is 1. The van der Waals surface area contributed by atoms with Crippen molar-refractivity contribution in [2.75, 3.05) is 12.3 Å². The normalized spacial score (nSPS) is 14.2. The summed E-state index contributed by atoms with van der Waals surface area (Å²) in [6, 6.07) is 0. The van der Waals surface area contributed by atoms with E-state index in [2.05, 4.69) is 20.1 Å². The van der Waals surface area contributed by atoms with Gasteiger partial charge in [0.2, 0.25) is 5.91 Å². The molecule has 1 aliphatic rings. The van der Waals surface area contributed by atoms with Crippen molar-refractivity contribution in [2.45, 2.75) is 25.0 Å². The van der Waals surface area contributed by atoms with Crippen LogP contribution in [0, 0.1) is 6.92 Å². The number of thiophene rings is 1. The summed E-state index contributed by atoms with van der Waals surface area (Å²) in [7, 11) is 0. The minimum Gasteiger partial charge on any atom is -0.333 e. The van der Waals surface area contributed by atoms with Crippen LogP contribution in [0.2, 0.25) is 5.02 Å². The van der Waals surface area contributed by atoms with E-state index in [1.807, 2.05) is 11.6 Å². The number of nitrogens with zero attached hydrogens (tertiary/aromatic N) is 6. The van der Waals surface area contributed by atoms with Crippen molar-refractivity contribution in [1.29, 1.82) is 0 Å². The minimum atomic E-state index is 0.0593. The van der Waals surface area contributed by atoms with E-state index < -0.39 is 0 Å². The van der Waals surface area contributed by atoms with Gasteiger partial charge >= 0.3 is 0 Å². The number of aromatic nitrogens is 5. The number of halogens is 1. The van der Waals surface area contributed by atoms with Gasteiger partial charge < -0.3 is 4.90 Å². The van der Waals surface area contributed by atoms with Crippen LogP contribution in [0.4, 0.5) is 0 Å². The molecule has 124 valence electrons. The maximum Gasteiger partial charge on any atom is 0.233 e. The molecular weight excluding hydrogens is 368 g/mol. The van der Waals surface area contributed by atoms with E-state index in [1.54, 1.807) is 4.90 Å². The van der Waals surface area contributed by atoms with Crippen LogP contribution in [0.5, 0.6) is 0 Å². The number of fused-ring (bicyclic) bond motifs is 2. The maximum atomic E-state index is 12.5. The van der Waals surface area contributed by atoms with Gasteiger partial charge in [0.05, 0.1) is 29.3 Å². The third-order valence-electron chi connectivity index (χ3n) is 3.85. The summed E-state index contributed by atoms with van der Waals surface area (Å²) >= 11 is 9.30. The van der Waals surface area contributed by atoms with Gasteiger partial charge in [-0.25, -0.2) is 19.6 Å². The summed E-state index contributed by atoms with van der Waals surface area (Å²) < 4.78 is 1.83. The first-order valence-corrected chi connectivity index (χ1v) is 9.48. The highest BCUT2D eigenvalue weighted by molar-refractivity contribution is 8.00. The standard InChI is InChI=1S/C14H13ClN6OS2/c1-8-12(15)11-13(17-6-18-14(11)24-8)23-5-10(22)20-2-3-21-9(4-20)16-7-19-21/h6-7H,2-5H2,1H3. The molecule has 0 radical (unpaired) electrons. The van der Waals surface area contributed by atoms with Crippen molar-refractivity contribution in [1.82, 2.24) is 29.6 Å². The van der Waals surface area contributed by atoms with E-state index in [4.69, 9.17) is 11.6 Å². The Hall–Kier alpha value is -1.71. The lowest BCUT2D eigenvalue weighted by Crippen LogP contribution is -2.39. The Morgan fingerprint density at radius 1 is 1.33 bits per heavy atom. The van der Waals surface area contributed by atoms with Gasteiger partial charge in [-0.3, -0.25) is 4.79 Å². The van der Waals surface area contributed by atoms with Gasteiger partial charge in [0.15, 0.2) is 0 Å². The molecule has 1 aliphatic heterocycles. The van der Waals surface area contributed by atoms with Crippen LogP contribution in [0.25, 0.3) is 10.2 Å². The molecule has 1 amide bonds. The average Bonchev–Trinajstić information content (AvgIpc) is 3.17. The molecule has 0 saturated carbocycles. The minimum absolute atomic E-state index is 0.0593. The second kappa shape index (κ2) is 6.30. The molecule has 3 aromatic heterocycles. The summed E-state index contributed by atoms with van der Waals surface area (Å²) in [5.74, 6) is 1.19. The Morgan fingerprint density at radius 2 is 2.21 bits per heavy atom. The van der Waals surface area contributed by atoms with Crippen LogP contribution in [0.1, 0.15) is 10.7 Å². The molecule has 0 atom stereocenters. The zero-order valence-electron chi connectivity index (χ0n) is 12.8. The topological polar surface area (TPSA) is 76.8 Å². The zero-order valence-corrected chi connectivity index (χ0v) is 15.2. The Bertz CT molecular complexity index is 923. The number of carbonyl (C=O) groups excluding carboxylic acids is 1. The Kier molecular flexibility index (Phi) is 4.15. The molecule has 0 aliphatic carbocycles. The van der Waals surface area contributed by atoms with Crippen LogP contribution in [0.3, 0.4) is 0 Å². The second-order valence-electron chi connectivity index (χ2n) is 5.33. The molecule has 0 aromatic carbocycles. The second-order valence-corrected chi connectivity index (χ2v) is 7.88. The van der Waals surface area contributed by atoms with E-state index in [9.17, 15) is 4.79 Å². The average molecular weight is 381 g/mol. The largest absolute Gasteiger partial charge is 0.333 e. The lowest BCUT2D eigenvalue weighted by atomic mass is 10.3. The lowest BCUT2D eigenvalue weighted by Gasteiger charge is -2.26. The molecule has 0 unspecified atom stereocenters. The number of hydrogen-bond acceptors (Lipinski definition) is 7. The van der Waals surface area contributed by atoms with Crippen LogP contribution in [-0.2, 0) is 17.9 Å². The highest BCUT2D eigenvalue weighted by Gasteiger charge is 2.23. The quantitative estimate of drug-likeness (QED) is 0.513. The Labute approximate surface area is 151 Å². The maximum absolute atomic E-state index is 12.5. The van der Waals surface area contributed by atoms with Gasteiger partial charge in [-0.2, -0.15) is 5.10 Å². The predicted octanol–water partition coefficient (Wildman–Crippen LogP) is 2.38. The smallest absolute Gasteiger partial charge is 0.233 e. The molecule has 7 nitrogen and oxygen atoms in total. The van der Waals surface area contributed by atoms with Crippen molar-refractivity contribution in [3.05, 3.63) is 28.4 Å². The van der Waals surface area contributed by atoms with Crippen molar-refractivity contribution < 1.29 is 4.79 Å². The van der Waals surface area contributed by atoms with E-state index in [0.29, 0.717) is 30.4 Å². The highest BCUT2D eigenvalue weighted by Crippen LogP contribution is 2.38. The molecule has 0 fully saturated rings. The fourth-order valence-electron chi connectivity index (χ4n) is 2.59. The lowest BCUT2D eigenvalue weighted by molar-refractivity contribution is -0.129. The Morgan fingerprint density at radius 3 is 3.08 bits per heavy atom. The van der Waals surface area contributed by atoms with Gasteiger partial charge in [0, 0.05) is 11.4 Å². The zero-order chi connectivity index (χ0) is 16.7. The SMILES string of the molecule is Cc1sc2ncnc(SCC(=O)N3CCn4ncnc4C3)c2c1Cl. The summed E-state index contributed by atoms with van der Waals surface area (Å²) in [4.78, 5) is 28.9. The predicted molar refractivity (Wildman–Crippen MR) is 93.3 cm³/mol. The van der Waals surface area contributed by atoms with Gasteiger partial charge in [-0.15, -0.1) is 11.3 Å². The van der Waals surface area contributed by atoms with E-state index >= 15 is 0 Å². The summed E-state index contributed by atoms with van der Waals surface area (Å²) in [6.07, 6.45) is 3.04. The fourth-order valence-corrected chi connectivity index (χ4v) is 4.85. The van der Waals surface area contributed by atoms with Crippen LogP contribution in [0.15, 0.2) is 17.7 Å². The van der Waals surface area contributed by atoms with E-state index in [0.717, 1.165) is 25.9 Å². The first-order chi connectivity index (χ1) is 11.6. The van der Waals surface area contributed by atoms with Crippen molar-refractivity contribution in [2.24, 2.45) is 0 Å². The number of hydrogen-bond donors (Lipinski definition) is 0. The summed E-state index contributed by atoms with van der Waals surface area (Å²) in [6.45, 7) is 3.78. The fraction of sp³-hybridized carbons (Fsp3) is 0.357. The van der Waals surface area contributed by atoms with Crippen molar-refractivity contribution >= 4 is 50.8 Å². The van der Waals surface area contributed by atoms with Gasteiger partial charge in [-0.05, 0) is 6.92 Å². The molecule has 0 bridgehead atoms. The first-order valence-electron chi connectivity index (χ1n) is 7.30. The van der Waals surface area contributed by atoms with E-state index in [-0.39, 0.29) is 5.91 Å². The number of aryl methyl sites for hydroxylation is 1. The molecule has 24 heavy (non-hydrogen) atoms. The summed E-state index contributed by atoms with van der Waals surface area (Å²) in [5, 5.41) is 6.40. The molecule has 0 spiro atoms. The third kappa shape index (κ3) is 2.76. The molecule has 4 heterocycles. The van der Waals surface area contributed by atoms with Gasteiger partial charge in [0.25, 0.3) is 0 Å². The van der Waals surface area contributed by atoms with Crippen LogP contribution >= 0.6 is 34.7 Å². The molecule has 0 N–H and O–H groups in total. The molecule has 4 rings (SSSR count). The third-order valence-corrected chi connectivity index (χ3v) is 6.42. The molecular formula is C14H13ClN6OS2. The monoisotopic (exact) mass is 380 g/mol.